The Bertz CT molecular complexity index is 441. The Morgan fingerprint density at radius 2 is 1.58 bits per heavy atom. The van der Waals surface area contributed by atoms with Gasteiger partial charge in [0.1, 0.15) is 5.78 Å². The van der Waals surface area contributed by atoms with Crippen molar-refractivity contribution < 1.29 is 9.72 Å². The lowest BCUT2D eigenvalue weighted by Crippen LogP contribution is -2.27. The van der Waals surface area contributed by atoms with Crippen molar-refractivity contribution in [2.24, 2.45) is 17.8 Å². The van der Waals surface area contributed by atoms with Crippen LogP contribution in [0.15, 0.2) is 24.3 Å². The molecule has 0 unspecified atom stereocenters. The molecule has 0 fully saturated rings. The second-order valence-corrected chi connectivity index (χ2v) is 5.58. The highest BCUT2D eigenvalue weighted by molar-refractivity contribution is 5.83. The minimum Gasteiger partial charge on any atom is -0.299 e. The van der Waals surface area contributed by atoms with E-state index in [1.165, 1.54) is 12.1 Å². The smallest absolute Gasteiger partial charge is 0.269 e. The molecule has 0 aromatic heterocycles. The maximum Gasteiger partial charge on any atom is 0.269 e. The Morgan fingerprint density at radius 3 is 1.95 bits per heavy atom. The number of carbonyl (C=O) groups excluding carboxylic acids is 1. The Hall–Kier alpha value is -1.71. The number of hydrogen-bond donors (Lipinski definition) is 0. The summed E-state index contributed by atoms with van der Waals surface area (Å²) in [5.74, 6) is 0.866. The van der Waals surface area contributed by atoms with Gasteiger partial charge in [-0.1, -0.05) is 39.8 Å². The number of carbonyl (C=O) groups is 1. The zero-order valence-corrected chi connectivity index (χ0v) is 11.9. The highest BCUT2D eigenvalue weighted by atomic mass is 16.6. The summed E-state index contributed by atoms with van der Waals surface area (Å²) in [5, 5.41) is 10.6. The molecule has 104 valence electrons. The van der Waals surface area contributed by atoms with E-state index in [0.29, 0.717) is 18.3 Å². The number of ketones is 1. The van der Waals surface area contributed by atoms with Crippen LogP contribution in [0.3, 0.4) is 0 Å². The Morgan fingerprint density at radius 1 is 1.11 bits per heavy atom. The van der Waals surface area contributed by atoms with Gasteiger partial charge in [-0.25, -0.2) is 0 Å². The van der Waals surface area contributed by atoms with Crippen molar-refractivity contribution in [3.8, 4) is 0 Å². The van der Waals surface area contributed by atoms with E-state index in [4.69, 9.17) is 0 Å². The molecule has 0 heterocycles. The van der Waals surface area contributed by atoms with Crippen LogP contribution in [0, 0.1) is 27.9 Å². The van der Waals surface area contributed by atoms with Gasteiger partial charge in [-0.2, -0.15) is 0 Å². The van der Waals surface area contributed by atoms with Crippen molar-refractivity contribution in [1.29, 1.82) is 0 Å². The fourth-order valence-electron chi connectivity index (χ4n) is 2.57. The molecule has 19 heavy (non-hydrogen) atoms. The zero-order chi connectivity index (χ0) is 14.6. The summed E-state index contributed by atoms with van der Waals surface area (Å²) in [5.41, 5.74) is 0.891. The van der Waals surface area contributed by atoms with Gasteiger partial charge in [0.2, 0.25) is 0 Å². The third kappa shape index (κ3) is 4.16. The Labute approximate surface area is 114 Å². The molecule has 0 aliphatic carbocycles. The molecule has 4 nitrogen and oxygen atoms in total. The molecule has 0 N–H and O–H groups in total. The summed E-state index contributed by atoms with van der Waals surface area (Å²) in [6.45, 7) is 8.22. The summed E-state index contributed by atoms with van der Waals surface area (Å²) in [6.07, 6.45) is 0.346. The zero-order valence-electron chi connectivity index (χ0n) is 11.9. The first-order chi connectivity index (χ1) is 8.82. The molecule has 0 amide bonds. The van der Waals surface area contributed by atoms with Crippen molar-refractivity contribution in [1.82, 2.24) is 0 Å². The van der Waals surface area contributed by atoms with Gasteiger partial charge in [0.15, 0.2) is 0 Å². The predicted octanol–water partition coefficient (Wildman–Crippen LogP) is 3.63. The van der Waals surface area contributed by atoms with Crippen LogP contribution < -0.4 is 0 Å². The molecule has 0 aliphatic heterocycles. The van der Waals surface area contributed by atoms with Gasteiger partial charge in [-0.05, 0) is 17.4 Å². The van der Waals surface area contributed by atoms with Crippen LogP contribution in [0.1, 0.15) is 33.3 Å². The highest BCUT2D eigenvalue weighted by Crippen LogP contribution is 2.23. The maximum absolute atomic E-state index is 12.3. The first-order valence-electron chi connectivity index (χ1n) is 6.59. The molecular weight excluding hydrogens is 242 g/mol. The topological polar surface area (TPSA) is 60.2 Å². The molecule has 0 radical (unpaired) electrons. The molecule has 4 heteroatoms. The van der Waals surface area contributed by atoms with Crippen molar-refractivity contribution in [3.05, 3.63) is 39.9 Å². The van der Waals surface area contributed by atoms with E-state index in [0.717, 1.165) is 5.56 Å². The lowest BCUT2D eigenvalue weighted by Gasteiger charge is -2.23. The van der Waals surface area contributed by atoms with Crippen LogP contribution in [0.2, 0.25) is 0 Å². The number of rotatable bonds is 6. The van der Waals surface area contributed by atoms with Gasteiger partial charge >= 0.3 is 0 Å². The lowest BCUT2D eigenvalue weighted by molar-refractivity contribution is -0.384. The summed E-state index contributed by atoms with van der Waals surface area (Å²) >= 11 is 0. The van der Waals surface area contributed by atoms with Gasteiger partial charge in [-0.3, -0.25) is 14.9 Å². The number of nitro groups is 1. The predicted molar refractivity (Wildman–Crippen MR) is 75.0 cm³/mol. The summed E-state index contributed by atoms with van der Waals surface area (Å²) in [6, 6.07) is 6.21. The fraction of sp³-hybridized carbons (Fsp3) is 0.533. The van der Waals surface area contributed by atoms with Gasteiger partial charge in [0.05, 0.1) is 4.92 Å². The molecule has 0 spiro atoms. The molecule has 0 aliphatic rings. The molecule has 0 atom stereocenters. The van der Waals surface area contributed by atoms with E-state index in [-0.39, 0.29) is 17.4 Å². The number of nitro benzene ring substituents is 1. The first-order valence-corrected chi connectivity index (χ1v) is 6.59. The molecule has 1 rings (SSSR count). The van der Waals surface area contributed by atoms with Crippen LogP contribution in [-0.2, 0) is 11.2 Å². The van der Waals surface area contributed by atoms with Gasteiger partial charge < -0.3 is 0 Å². The molecule has 1 aromatic carbocycles. The SMILES string of the molecule is CC(C)C(C(=O)Cc1ccc([N+](=O)[O-])cc1)C(C)C. The van der Waals surface area contributed by atoms with E-state index in [1.54, 1.807) is 12.1 Å². The summed E-state index contributed by atoms with van der Waals surface area (Å²) in [7, 11) is 0. The van der Waals surface area contributed by atoms with Gasteiger partial charge in [0.25, 0.3) is 5.69 Å². The van der Waals surface area contributed by atoms with Crippen molar-refractivity contribution in [2.45, 2.75) is 34.1 Å². The average Bonchev–Trinajstić information content (AvgIpc) is 2.28. The fourth-order valence-corrected chi connectivity index (χ4v) is 2.57. The number of benzene rings is 1. The third-order valence-corrected chi connectivity index (χ3v) is 3.33. The van der Waals surface area contributed by atoms with E-state index in [1.807, 2.05) is 0 Å². The second kappa shape index (κ2) is 6.45. The van der Waals surface area contributed by atoms with Crippen molar-refractivity contribution in [3.63, 3.8) is 0 Å². The van der Waals surface area contributed by atoms with Gasteiger partial charge in [0, 0.05) is 24.5 Å². The Balaban J connectivity index is 2.78. The van der Waals surface area contributed by atoms with Crippen LogP contribution in [0.25, 0.3) is 0 Å². The monoisotopic (exact) mass is 263 g/mol. The molecular formula is C15H21NO3. The van der Waals surface area contributed by atoms with Crippen molar-refractivity contribution in [2.75, 3.05) is 0 Å². The van der Waals surface area contributed by atoms with Crippen LogP contribution in [0.4, 0.5) is 5.69 Å². The third-order valence-electron chi connectivity index (χ3n) is 3.33. The molecule has 0 saturated carbocycles. The first kappa shape index (κ1) is 15.3. The number of non-ortho nitro benzene ring substituents is 1. The van der Waals surface area contributed by atoms with E-state index in [2.05, 4.69) is 27.7 Å². The van der Waals surface area contributed by atoms with Crippen LogP contribution in [-0.4, -0.2) is 10.7 Å². The van der Waals surface area contributed by atoms with E-state index < -0.39 is 4.92 Å². The molecule has 0 saturated heterocycles. The summed E-state index contributed by atoms with van der Waals surface area (Å²) in [4.78, 5) is 22.4. The van der Waals surface area contributed by atoms with Crippen LogP contribution in [0.5, 0.6) is 0 Å². The van der Waals surface area contributed by atoms with Gasteiger partial charge in [-0.15, -0.1) is 0 Å². The highest BCUT2D eigenvalue weighted by Gasteiger charge is 2.25. The normalized spacial score (nSPS) is 11.3. The van der Waals surface area contributed by atoms with E-state index in [9.17, 15) is 14.9 Å². The van der Waals surface area contributed by atoms with Crippen molar-refractivity contribution >= 4 is 11.5 Å². The average molecular weight is 263 g/mol. The largest absolute Gasteiger partial charge is 0.299 e. The molecule has 1 aromatic rings. The standard InChI is InChI=1S/C15H21NO3/c1-10(2)15(11(3)4)14(17)9-12-5-7-13(8-6-12)16(18)19/h5-8,10-11,15H,9H2,1-4H3. The molecule has 0 bridgehead atoms. The Kier molecular flexibility index (Phi) is 5.21. The lowest BCUT2D eigenvalue weighted by atomic mass is 9.80. The van der Waals surface area contributed by atoms with Crippen LogP contribution >= 0.6 is 0 Å². The summed E-state index contributed by atoms with van der Waals surface area (Å²) < 4.78 is 0. The minimum atomic E-state index is -0.434. The minimum absolute atomic E-state index is 0.0372. The number of Topliss-reactive ketones (excluding diaryl/α,β-unsaturated/α-hetero) is 1. The number of hydrogen-bond acceptors (Lipinski definition) is 3. The maximum atomic E-state index is 12.3. The second-order valence-electron chi connectivity index (χ2n) is 5.58. The quantitative estimate of drug-likeness (QED) is 0.581. The van der Waals surface area contributed by atoms with E-state index >= 15 is 0 Å². The number of nitrogens with zero attached hydrogens (tertiary/aromatic N) is 1.